The average molecular weight is 517 g/mol. The van der Waals surface area contributed by atoms with Crippen LogP contribution in [0.15, 0.2) is 54.9 Å². The molecule has 12 heteroatoms. The Morgan fingerprint density at radius 1 is 1.06 bits per heavy atom. The van der Waals surface area contributed by atoms with E-state index < -0.39 is 23.5 Å². The first kappa shape index (κ1) is 23.6. The van der Waals surface area contributed by atoms with Crippen molar-refractivity contribution in [3.05, 3.63) is 76.8 Å². The van der Waals surface area contributed by atoms with Gasteiger partial charge in [-0.2, -0.15) is 13.2 Å². The molecule has 0 unspecified atom stereocenters. The molecule has 0 fully saturated rings. The Balaban J connectivity index is 1.60. The summed E-state index contributed by atoms with van der Waals surface area (Å²) in [5, 5.41) is 5.56. The number of amides is 1. The van der Waals surface area contributed by atoms with E-state index in [-0.39, 0.29) is 27.9 Å². The van der Waals surface area contributed by atoms with Gasteiger partial charge in [0, 0.05) is 19.8 Å². The average Bonchev–Trinajstić information content (AvgIpc) is 3.35. The number of rotatable bonds is 4. The number of halogens is 5. The minimum Gasteiger partial charge on any atom is -0.333 e. The molecular weight excluding hydrogens is 500 g/mol. The van der Waals surface area contributed by atoms with E-state index in [1.165, 1.54) is 42.7 Å². The summed E-state index contributed by atoms with van der Waals surface area (Å²) >= 11 is 6.13. The highest BCUT2D eigenvalue weighted by Gasteiger charge is 2.30. The maximum atomic E-state index is 14.3. The van der Waals surface area contributed by atoms with Crippen molar-refractivity contribution in [2.45, 2.75) is 6.18 Å². The number of alkyl halides is 3. The van der Waals surface area contributed by atoms with Gasteiger partial charge in [-0.05, 0) is 36.4 Å². The van der Waals surface area contributed by atoms with Crippen LogP contribution in [0.1, 0.15) is 15.9 Å². The number of nitrogens with zero attached hydrogens (tertiary/aromatic N) is 4. The highest BCUT2D eigenvalue weighted by Crippen LogP contribution is 2.34. The maximum Gasteiger partial charge on any atom is 0.416 e. The normalized spacial score (nSPS) is 11.9. The van der Waals surface area contributed by atoms with Crippen molar-refractivity contribution in [3.8, 4) is 0 Å². The number of nitrogens with one attached hydrogen (secondary N) is 2. The Hall–Kier alpha value is -4.12. The van der Waals surface area contributed by atoms with Crippen molar-refractivity contribution >= 4 is 56.9 Å². The van der Waals surface area contributed by atoms with Crippen LogP contribution >= 0.6 is 11.6 Å². The molecule has 2 aromatic heterocycles. The van der Waals surface area contributed by atoms with Crippen molar-refractivity contribution < 1.29 is 22.4 Å². The molecule has 0 atom stereocenters. The summed E-state index contributed by atoms with van der Waals surface area (Å²) in [6, 6.07) is 10.1. The van der Waals surface area contributed by atoms with Gasteiger partial charge in [-0.25, -0.2) is 14.4 Å². The summed E-state index contributed by atoms with van der Waals surface area (Å²) in [7, 11) is 3.39. The Bertz CT molecular complexity index is 1640. The van der Waals surface area contributed by atoms with Gasteiger partial charge < -0.3 is 19.8 Å². The van der Waals surface area contributed by atoms with Crippen molar-refractivity contribution in [2.75, 3.05) is 10.6 Å². The van der Waals surface area contributed by atoms with E-state index in [2.05, 4.69) is 20.6 Å². The summed E-state index contributed by atoms with van der Waals surface area (Å²) in [4.78, 5) is 22.1. The fourth-order valence-corrected chi connectivity index (χ4v) is 4.22. The zero-order chi connectivity index (χ0) is 25.8. The first-order valence-electron chi connectivity index (χ1n) is 10.5. The summed E-state index contributed by atoms with van der Waals surface area (Å²) in [5.74, 6) is -0.958. The molecule has 184 valence electrons. The third-order valence-electron chi connectivity index (χ3n) is 5.71. The van der Waals surface area contributed by atoms with Gasteiger partial charge in [0.25, 0.3) is 5.91 Å². The molecule has 0 saturated heterocycles. The number of carbonyl (C=O) groups excluding carboxylic acids is 1. The number of aromatic nitrogens is 4. The molecule has 0 aliphatic rings. The number of hydrogen-bond donors (Lipinski definition) is 2. The zero-order valence-electron chi connectivity index (χ0n) is 18.8. The second-order valence-corrected chi connectivity index (χ2v) is 8.50. The molecule has 1 amide bonds. The molecule has 0 saturated carbocycles. The van der Waals surface area contributed by atoms with Gasteiger partial charge in [0.05, 0.1) is 44.7 Å². The summed E-state index contributed by atoms with van der Waals surface area (Å²) < 4.78 is 56.9. The third-order valence-corrected chi connectivity index (χ3v) is 6.03. The number of para-hydroxylation sites is 1. The second-order valence-electron chi connectivity index (χ2n) is 8.09. The standard InChI is InChI=1S/C24H17ClF4N6O/c1-34-11-30-19-20(34)14(22(36)31-13-6-3-5-12(9-13)24(27,28)29)10-17-21(19)35(2)23(32-17)33-18-15(25)7-4-8-16(18)26/h3-11H,1-2H3,(H,31,36)(H,32,33). The van der Waals surface area contributed by atoms with Crippen molar-refractivity contribution in [1.29, 1.82) is 0 Å². The van der Waals surface area contributed by atoms with E-state index >= 15 is 0 Å². The molecule has 7 nitrogen and oxygen atoms in total. The first-order chi connectivity index (χ1) is 17.0. The van der Waals surface area contributed by atoms with E-state index in [1.54, 1.807) is 23.2 Å². The van der Waals surface area contributed by atoms with Crippen LogP contribution in [0, 0.1) is 5.82 Å². The SMILES string of the molecule is Cn1cnc2c1c(C(=O)Nc1cccc(C(F)(F)F)c1)cc1nc(Nc3c(F)cccc3Cl)n(C)c12. The number of aryl methyl sites for hydroxylation is 2. The van der Waals surface area contributed by atoms with Crippen LogP contribution in [0.3, 0.4) is 0 Å². The molecule has 0 aliphatic heterocycles. The summed E-state index contributed by atoms with van der Waals surface area (Å²) in [6.45, 7) is 0. The lowest BCUT2D eigenvalue weighted by Crippen LogP contribution is -2.14. The molecule has 2 N–H and O–H groups in total. The number of imidazole rings is 2. The third kappa shape index (κ3) is 4.01. The van der Waals surface area contributed by atoms with Gasteiger partial charge in [0.2, 0.25) is 5.95 Å². The van der Waals surface area contributed by atoms with E-state index in [4.69, 9.17) is 11.6 Å². The van der Waals surface area contributed by atoms with Gasteiger partial charge in [0.1, 0.15) is 11.3 Å². The lowest BCUT2D eigenvalue weighted by molar-refractivity contribution is -0.137. The lowest BCUT2D eigenvalue weighted by atomic mass is 10.1. The Morgan fingerprint density at radius 3 is 2.53 bits per heavy atom. The molecule has 0 spiro atoms. The fourth-order valence-electron chi connectivity index (χ4n) is 4.01. The van der Waals surface area contributed by atoms with Gasteiger partial charge in [0.15, 0.2) is 0 Å². The van der Waals surface area contributed by atoms with E-state index in [0.717, 1.165) is 12.1 Å². The van der Waals surface area contributed by atoms with Crippen LogP contribution in [-0.4, -0.2) is 25.0 Å². The number of carbonyl (C=O) groups is 1. The topological polar surface area (TPSA) is 76.8 Å². The smallest absolute Gasteiger partial charge is 0.333 e. The zero-order valence-corrected chi connectivity index (χ0v) is 19.5. The quantitative estimate of drug-likeness (QED) is 0.276. The van der Waals surface area contributed by atoms with E-state index in [1.807, 2.05) is 0 Å². The minimum atomic E-state index is -4.55. The predicted octanol–water partition coefficient (Wildman–Crippen LogP) is 6.27. The monoisotopic (exact) mass is 516 g/mol. The molecule has 2 heterocycles. The minimum absolute atomic E-state index is 0.0113. The van der Waals surface area contributed by atoms with Crippen LogP contribution in [-0.2, 0) is 20.3 Å². The fraction of sp³-hybridized carbons (Fsp3) is 0.125. The van der Waals surface area contributed by atoms with E-state index in [9.17, 15) is 22.4 Å². The van der Waals surface area contributed by atoms with Crippen molar-refractivity contribution in [2.24, 2.45) is 14.1 Å². The summed E-state index contributed by atoms with van der Waals surface area (Å²) in [6.07, 6.45) is -3.04. The van der Waals surface area contributed by atoms with Crippen LogP contribution in [0.25, 0.3) is 22.1 Å². The Morgan fingerprint density at radius 2 is 1.81 bits per heavy atom. The Kier molecular flexibility index (Phi) is 5.59. The van der Waals surface area contributed by atoms with Crippen LogP contribution in [0.5, 0.6) is 0 Å². The number of anilines is 3. The molecular formula is C24H17ClF4N6O. The van der Waals surface area contributed by atoms with Crippen LogP contribution in [0.4, 0.5) is 34.9 Å². The van der Waals surface area contributed by atoms with Gasteiger partial charge in [-0.15, -0.1) is 0 Å². The van der Waals surface area contributed by atoms with Gasteiger partial charge in [-0.3, -0.25) is 4.79 Å². The number of hydrogen-bond acceptors (Lipinski definition) is 4. The van der Waals surface area contributed by atoms with E-state index in [0.29, 0.717) is 22.1 Å². The highest BCUT2D eigenvalue weighted by atomic mass is 35.5. The molecule has 0 radical (unpaired) electrons. The number of fused-ring (bicyclic) bond motifs is 3. The molecule has 0 bridgehead atoms. The molecule has 5 aromatic rings. The highest BCUT2D eigenvalue weighted by molar-refractivity contribution is 6.33. The first-order valence-corrected chi connectivity index (χ1v) is 10.9. The van der Waals surface area contributed by atoms with Crippen LogP contribution in [0.2, 0.25) is 5.02 Å². The lowest BCUT2D eigenvalue weighted by Gasteiger charge is -2.11. The largest absolute Gasteiger partial charge is 0.416 e. The second kappa shape index (κ2) is 8.52. The molecule has 5 rings (SSSR count). The van der Waals surface area contributed by atoms with Gasteiger partial charge in [-0.1, -0.05) is 23.7 Å². The molecule has 3 aromatic carbocycles. The molecule has 0 aliphatic carbocycles. The van der Waals surface area contributed by atoms with Crippen molar-refractivity contribution in [1.82, 2.24) is 19.1 Å². The summed E-state index contributed by atoms with van der Waals surface area (Å²) in [5.41, 5.74) is 1.12. The van der Waals surface area contributed by atoms with Crippen molar-refractivity contribution in [3.63, 3.8) is 0 Å². The Labute approximate surface area is 206 Å². The molecule has 36 heavy (non-hydrogen) atoms. The number of benzene rings is 3. The maximum absolute atomic E-state index is 14.3. The predicted molar refractivity (Wildman–Crippen MR) is 129 cm³/mol. The van der Waals surface area contributed by atoms with Crippen LogP contribution < -0.4 is 10.6 Å². The van der Waals surface area contributed by atoms with Gasteiger partial charge >= 0.3 is 6.18 Å².